The van der Waals surface area contributed by atoms with Gasteiger partial charge in [0.25, 0.3) is 0 Å². The summed E-state index contributed by atoms with van der Waals surface area (Å²) in [4.78, 5) is 4.17. The van der Waals surface area contributed by atoms with Gasteiger partial charge in [-0.1, -0.05) is 29.4 Å². The highest BCUT2D eigenvalue weighted by Gasteiger charge is 1.95. The summed E-state index contributed by atoms with van der Waals surface area (Å²) >= 11 is 7.23. The third-order valence-corrected chi connectivity index (χ3v) is 2.48. The molecular formula is C9H14ClN3O4S2. The molecule has 0 aliphatic carbocycles. The monoisotopic (exact) mass is 327 g/mol. The smallest absolute Gasteiger partial charge is 0.378 e. The van der Waals surface area contributed by atoms with E-state index in [2.05, 4.69) is 4.99 Å². The first-order valence-electron chi connectivity index (χ1n) is 4.85. The molecule has 0 aliphatic heterocycles. The van der Waals surface area contributed by atoms with Crippen LogP contribution < -0.4 is 11.5 Å². The Labute approximate surface area is 120 Å². The fourth-order valence-corrected chi connectivity index (χ4v) is 1.55. The zero-order chi connectivity index (χ0) is 14.9. The molecule has 0 saturated carbocycles. The van der Waals surface area contributed by atoms with Gasteiger partial charge in [0, 0.05) is 17.3 Å². The summed E-state index contributed by atoms with van der Waals surface area (Å²) in [6, 6.07) is 7.24. The minimum atomic E-state index is -4.67. The van der Waals surface area contributed by atoms with Gasteiger partial charge < -0.3 is 11.5 Å². The molecule has 7 nitrogen and oxygen atoms in total. The van der Waals surface area contributed by atoms with Gasteiger partial charge in [0.1, 0.15) is 0 Å². The molecule has 0 aromatic heterocycles. The second kappa shape index (κ2) is 9.13. The van der Waals surface area contributed by atoms with E-state index in [4.69, 9.17) is 40.6 Å². The summed E-state index contributed by atoms with van der Waals surface area (Å²) in [5.74, 6) is 0.774. The largest absolute Gasteiger partial charge is 0.394 e. The summed E-state index contributed by atoms with van der Waals surface area (Å²) < 4.78 is 31.6. The van der Waals surface area contributed by atoms with Crippen molar-refractivity contribution in [3.8, 4) is 0 Å². The van der Waals surface area contributed by atoms with Gasteiger partial charge in [-0.25, -0.2) is 4.99 Å². The Morgan fingerprint density at radius 3 is 2.47 bits per heavy atom. The van der Waals surface area contributed by atoms with Crippen molar-refractivity contribution >= 4 is 44.6 Å². The lowest BCUT2D eigenvalue weighted by atomic mass is 10.3. The van der Waals surface area contributed by atoms with E-state index < -0.39 is 10.4 Å². The molecule has 6 N–H and O–H groups in total. The lowest BCUT2D eigenvalue weighted by Gasteiger charge is -1.99. The van der Waals surface area contributed by atoms with Gasteiger partial charge in [0.2, 0.25) is 0 Å². The summed E-state index contributed by atoms with van der Waals surface area (Å²) in [5, 5.41) is 1.17. The van der Waals surface area contributed by atoms with Crippen LogP contribution in [0, 0.1) is 0 Å². The maximum Gasteiger partial charge on any atom is 0.394 e. The van der Waals surface area contributed by atoms with Gasteiger partial charge in [-0.3, -0.25) is 9.11 Å². The van der Waals surface area contributed by atoms with Gasteiger partial charge >= 0.3 is 10.4 Å². The van der Waals surface area contributed by atoms with Crippen LogP contribution in [0.15, 0.2) is 29.3 Å². The molecule has 0 radical (unpaired) electrons. The fourth-order valence-electron chi connectivity index (χ4n) is 0.869. The van der Waals surface area contributed by atoms with Crippen molar-refractivity contribution < 1.29 is 17.5 Å². The van der Waals surface area contributed by atoms with Crippen molar-refractivity contribution in [1.29, 1.82) is 0 Å². The highest BCUT2D eigenvalue weighted by molar-refractivity contribution is 8.13. The van der Waals surface area contributed by atoms with Crippen LogP contribution >= 0.6 is 23.4 Å². The predicted octanol–water partition coefficient (Wildman–Crippen LogP) is 1.33. The molecule has 1 rings (SSSR count). The predicted molar refractivity (Wildman–Crippen MR) is 78.4 cm³/mol. The topological polar surface area (TPSA) is 139 Å². The van der Waals surface area contributed by atoms with E-state index in [1.165, 1.54) is 11.8 Å². The molecule has 0 spiro atoms. The minimum absolute atomic E-state index is 0.512. The van der Waals surface area contributed by atoms with Crippen LogP contribution in [0.1, 0.15) is 0 Å². The average molecular weight is 328 g/mol. The van der Waals surface area contributed by atoms with Crippen LogP contribution in [0.5, 0.6) is 0 Å². The molecule has 1 aromatic rings. The summed E-state index contributed by atoms with van der Waals surface area (Å²) in [6.45, 7) is 0.594. The van der Waals surface area contributed by atoms with E-state index in [0.717, 1.165) is 11.4 Å². The van der Waals surface area contributed by atoms with Crippen LogP contribution in [0.3, 0.4) is 0 Å². The van der Waals surface area contributed by atoms with Crippen molar-refractivity contribution in [2.45, 2.75) is 0 Å². The highest BCUT2D eigenvalue weighted by atomic mass is 35.5. The van der Waals surface area contributed by atoms with Crippen molar-refractivity contribution in [3.63, 3.8) is 0 Å². The second-order valence-corrected chi connectivity index (χ2v) is 5.46. The summed E-state index contributed by atoms with van der Waals surface area (Å²) in [6.07, 6.45) is 0. The summed E-state index contributed by atoms with van der Waals surface area (Å²) in [5.41, 5.74) is 11.8. The SMILES string of the molecule is NCCSC(N)=Nc1cccc(Cl)c1.O=S(=O)(O)O. The molecule has 0 heterocycles. The Kier molecular flexibility index (Phi) is 8.72. The Balaban J connectivity index is 0.000000555. The number of nitrogens with zero attached hydrogens (tertiary/aromatic N) is 1. The molecule has 0 bridgehead atoms. The van der Waals surface area contributed by atoms with Gasteiger partial charge in [0.05, 0.1) is 5.69 Å². The number of rotatable bonds is 3. The van der Waals surface area contributed by atoms with Crippen LogP contribution in [0.2, 0.25) is 5.02 Å². The van der Waals surface area contributed by atoms with E-state index >= 15 is 0 Å². The normalized spacial score (nSPS) is 11.7. The van der Waals surface area contributed by atoms with E-state index in [0.29, 0.717) is 16.7 Å². The zero-order valence-electron chi connectivity index (χ0n) is 9.73. The van der Waals surface area contributed by atoms with E-state index in [1.54, 1.807) is 12.1 Å². The second-order valence-electron chi connectivity index (χ2n) is 3.01. The first-order valence-corrected chi connectivity index (χ1v) is 7.61. The first kappa shape index (κ1) is 18.2. The third-order valence-electron chi connectivity index (χ3n) is 1.42. The van der Waals surface area contributed by atoms with Crippen LogP contribution in [0.25, 0.3) is 0 Å². The Bertz CT molecular complexity index is 514. The number of thioether (sulfide) groups is 1. The molecule has 1 aromatic carbocycles. The van der Waals surface area contributed by atoms with Crippen molar-refractivity contribution in [3.05, 3.63) is 29.3 Å². The Morgan fingerprint density at radius 2 is 2.00 bits per heavy atom. The zero-order valence-corrected chi connectivity index (χ0v) is 12.1. The lowest BCUT2D eigenvalue weighted by Crippen LogP contribution is -2.10. The molecule has 0 aliphatic rings. The molecule has 19 heavy (non-hydrogen) atoms. The van der Waals surface area contributed by atoms with Gasteiger partial charge in [0.15, 0.2) is 5.17 Å². The molecule has 10 heteroatoms. The van der Waals surface area contributed by atoms with E-state index in [-0.39, 0.29) is 0 Å². The highest BCUT2D eigenvalue weighted by Crippen LogP contribution is 2.18. The fraction of sp³-hybridized carbons (Fsp3) is 0.222. The third kappa shape index (κ3) is 13.4. The van der Waals surface area contributed by atoms with Gasteiger partial charge in [-0.05, 0) is 18.2 Å². The maximum absolute atomic E-state index is 8.74. The molecule has 108 valence electrons. The average Bonchev–Trinajstić information content (AvgIpc) is 2.24. The van der Waals surface area contributed by atoms with Crippen LogP contribution in [0.4, 0.5) is 5.69 Å². The number of halogens is 1. The molecule has 0 atom stereocenters. The Hall–Kier alpha value is -0.840. The number of amidine groups is 1. The van der Waals surface area contributed by atoms with Crippen molar-refractivity contribution in [2.24, 2.45) is 16.5 Å². The van der Waals surface area contributed by atoms with Crippen LogP contribution in [-0.4, -0.2) is 35.0 Å². The quantitative estimate of drug-likeness (QED) is 0.373. The molecule has 0 amide bonds. The molecule has 0 saturated heterocycles. The first-order chi connectivity index (χ1) is 8.72. The standard InChI is InChI=1S/C9H12ClN3S.H2O4S/c10-7-2-1-3-8(6-7)13-9(12)14-5-4-11;1-5(2,3)4/h1-3,6H,4-5,11H2,(H2,12,13);(H2,1,2,3,4). The molecular weight excluding hydrogens is 314 g/mol. The number of aliphatic imine (C=N–C) groups is 1. The minimum Gasteiger partial charge on any atom is -0.378 e. The molecule has 0 unspecified atom stereocenters. The summed E-state index contributed by atoms with van der Waals surface area (Å²) in [7, 11) is -4.67. The Morgan fingerprint density at radius 1 is 1.42 bits per heavy atom. The van der Waals surface area contributed by atoms with Gasteiger partial charge in [-0.15, -0.1) is 0 Å². The lowest BCUT2D eigenvalue weighted by molar-refractivity contribution is 0.381. The van der Waals surface area contributed by atoms with Crippen molar-refractivity contribution in [2.75, 3.05) is 12.3 Å². The van der Waals surface area contributed by atoms with Crippen molar-refractivity contribution in [1.82, 2.24) is 0 Å². The van der Waals surface area contributed by atoms with Gasteiger partial charge in [-0.2, -0.15) is 8.42 Å². The number of benzene rings is 1. The number of nitrogens with two attached hydrogens (primary N) is 2. The number of hydrogen-bond acceptors (Lipinski definition) is 5. The van der Waals surface area contributed by atoms with E-state index in [1.807, 2.05) is 12.1 Å². The van der Waals surface area contributed by atoms with Crippen LogP contribution in [-0.2, 0) is 10.4 Å². The van der Waals surface area contributed by atoms with E-state index in [9.17, 15) is 0 Å². The molecule has 0 fully saturated rings. The maximum atomic E-state index is 8.74. The number of hydrogen-bond donors (Lipinski definition) is 4.